The van der Waals surface area contributed by atoms with Crippen molar-refractivity contribution in [3.05, 3.63) is 40.4 Å². The van der Waals surface area contributed by atoms with Gasteiger partial charge in [0.25, 0.3) is 6.43 Å². The molecule has 104 valence electrons. The molecule has 1 aliphatic rings. The van der Waals surface area contributed by atoms with E-state index in [1.165, 1.54) is 23.5 Å². The summed E-state index contributed by atoms with van der Waals surface area (Å²) in [5.74, 6) is -1.39. The Hall–Kier alpha value is -1.82. The lowest BCUT2D eigenvalue weighted by molar-refractivity contribution is -0.138. The summed E-state index contributed by atoms with van der Waals surface area (Å²) in [6, 6.07) is 5.96. The van der Waals surface area contributed by atoms with Crippen molar-refractivity contribution in [1.82, 2.24) is 4.98 Å². The summed E-state index contributed by atoms with van der Waals surface area (Å²) in [5.41, 5.74) is 1.36. The van der Waals surface area contributed by atoms with Gasteiger partial charge in [0.05, 0.1) is 5.69 Å². The minimum Gasteiger partial charge on any atom is -0.481 e. The summed E-state index contributed by atoms with van der Waals surface area (Å²) in [4.78, 5) is 16.5. The van der Waals surface area contributed by atoms with Gasteiger partial charge in [0.15, 0.2) is 0 Å². The fourth-order valence-corrected chi connectivity index (χ4v) is 3.51. The zero-order chi connectivity index (χ0) is 14.3. The Balaban J connectivity index is 1.92. The van der Waals surface area contributed by atoms with Gasteiger partial charge in [0, 0.05) is 16.0 Å². The average Bonchev–Trinajstić information content (AvgIpc) is 2.97. The molecule has 1 unspecified atom stereocenters. The molecule has 1 atom stereocenters. The van der Waals surface area contributed by atoms with Crippen LogP contribution in [0.25, 0.3) is 10.6 Å². The molecule has 1 aliphatic carbocycles. The Bertz CT molecular complexity index is 652. The molecule has 1 N–H and O–H groups in total. The number of alkyl halides is 2. The number of carboxylic acid groups (broad SMARTS) is 1. The van der Waals surface area contributed by atoms with Crippen LogP contribution in [0.5, 0.6) is 0 Å². The van der Waals surface area contributed by atoms with Crippen molar-refractivity contribution in [1.29, 1.82) is 0 Å². The Morgan fingerprint density at radius 3 is 2.65 bits per heavy atom. The molecule has 0 spiro atoms. The van der Waals surface area contributed by atoms with Crippen molar-refractivity contribution in [3.8, 4) is 10.6 Å². The summed E-state index contributed by atoms with van der Waals surface area (Å²) in [7, 11) is 0. The smallest absolute Gasteiger partial charge is 0.312 e. The number of thiazole rings is 1. The normalized spacial score (nSPS) is 17.4. The van der Waals surface area contributed by atoms with E-state index in [1.54, 1.807) is 12.1 Å². The van der Waals surface area contributed by atoms with Crippen LogP contribution >= 0.6 is 11.3 Å². The maximum absolute atomic E-state index is 12.5. The predicted molar refractivity (Wildman–Crippen MR) is 71.2 cm³/mol. The van der Waals surface area contributed by atoms with Crippen molar-refractivity contribution in [2.24, 2.45) is 0 Å². The molecule has 6 heteroatoms. The fourth-order valence-electron chi connectivity index (χ4n) is 2.36. The van der Waals surface area contributed by atoms with E-state index < -0.39 is 18.3 Å². The van der Waals surface area contributed by atoms with Crippen LogP contribution in [0.2, 0.25) is 0 Å². The van der Waals surface area contributed by atoms with E-state index in [1.807, 2.05) is 0 Å². The summed E-state index contributed by atoms with van der Waals surface area (Å²) in [6.45, 7) is 0. The van der Waals surface area contributed by atoms with Gasteiger partial charge in [-0.3, -0.25) is 4.79 Å². The number of aromatic nitrogens is 1. The number of carbonyl (C=O) groups is 1. The van der Waals surface area contributed by atoms with Crippen LogP contribution in [0, 0.1) is 0 Å². The van der Waals surface area contributed by atoms with E-state index in [0.29, 0.717) is 17.1 Å². The number of hydrogen-bond donors (Lipinski definition) is 1. The van der Waals surface area contributed by atoms with Gasteiger partial charge >= 0.3 is 5.97 Å². The lowest BCUT2D eigenvalue weighted by atomic mass is 10.1. The molecular weight excluding hydrogens is 284 g/mol. The second kappa shape index (κ2) is 4.94. The van der Waals surface area contributed by atoms with E-state index in [-0.39, 0.29) is 5.56 Å². The zero-order valence-electron chi connectivity index (χ0n) is 10.3. The van der Waals surface area contributed by atoms with Crippen molar-refractivity contribution in [2.45, 2.75) is 25.2 Å². The van der Waals surface area contributed by atoms with Crippen molar-refractivity contribution >= 4 is 17.3 Å². The Labute approximate surface area is 117 Å². The molecule has 1 aromatic heterocycles. The van der Waals surface area contributed by atoms with Crippen LogP contribution in [0.4, 0.5) is 8.78 Å². The first-order chi connectivity index (χ1) is 9.56. The first kappa shape index (κ1) is 13.2. The Kier molecular flexibility index (Phi) is 3.25. The van der Waals surface area contributed by atoms with E-state index in [0.717, 1.165) is 16.9 Å². The van der Waals surface area contributed by atoms with Gasteiger partial charge in [0.2, 0.25) is 0 Å². The first-order valence-corrected chi connectivity index (χ1v) is 6.99. The predicted octanol–water partition coefficient (Wildman–Crippen LogP) is 3.86. The fraction of sp³-hybridized carbons (Fsp3) is 0.286. The number of nitrogens with zero attached hydrogens (tertiary/aromatic N) is 1. The number of rotatable bonds is 3. The van der Waals surface area contributed by atoms with Crippen LogP contribution in [0.15, 0.2) is 24.3 Å². The third kappa shape index (κ3) is 2.20. The number of benzene rings is 1. The van der Waals surface area contributed by atoms with Gasteiger partial charge in [-0.05, 0) is 12.8 Å². The quantitative estimate of drug-likeness (QED) is 0.935. The minimum atomic E-state index is -2.48. The number of fused-ring (bicyclic) bond motifs is 1. The van der Waals surface area contributed by atoms with Gasteiger partial charge in [-0.15, -0.1) is 11.3 Å². The molecule has 3 rings (SSSR count). The first-order valence-electron chi connectivity index (χ1n) is 6.17. The highest BCUT2D eigenvalue weighted by Gasteiger charge is 2.32. The van der Waals surface area contributed by atoms with Gasteiger partial charge < -0.3 is 5.11 Å². The van der Waals surface area contributed by atoms with Crippen molar-refractivity contribution < 1.29 is 18.7 Å². The number of carboxylic acids is 1. The molecular formula is C14H11F2NO2S. The molecule has 2 aromatic rings. The third-order valence-corrected chi connectivity index (χ3v) is 4.61. The van der Waals surface area contributed by atoms with Gasteiger partial charge in [-0.25, -0.2) is 13.8 Å². The summed E-state index contributed by atoms with van der Waals surface area (Å²) < 4.78 is 25.0. The second-order valence-corrected chi connectivity index (χ2v) is 5.76. The molecule has 0 bridgehead atoms. The Morgan fingerprint density at radius 2 is 2.05 bits per heavy atom. The third-order valence-electron chi connectivity index (χ3n) is 3.43. The molecule has 0 aliphatic heterocycles. The maximum atomic E-state index is 12.5. The molecule has 0 saturated heterocycles. The molecule has 1 heterocycles. The molecule has 0 radical (unpaired) electrons. The van der Waals surface area contributed by atoms with Crippen LogP contribution in [0.3, 0.4) is 0 Å². The molecule has 0 saturated carbocycles. The highest BCUT2D eigenvalue weighted by atomic mass is 32.1. The summed E-state index contributed by atoms with van der Waals surface area (Å²) in [6.07, 6.45) is -1.17. The van der Waals surface area contributed by atoms with E-state index in [4.69, 9.17) is 5.11 Å². The number of halogens is 2. The van der Waals surface area contributed by atoms with Gasteiger partial charge in [-0.2, -0.15) is 0 Å². The number of hydrogen-bond acceptors (Lipinski definition) is 3. The number of aryl methyl sites for hydroxylation is 1. The maximum Gasteiger partial charge on any atom is 0.312 e. The van der Waals surface area contributed by atoms with E-state index in [9.17, 15) is 13.6 Å². The lowest BCUT2D eigenvalue weighted by Gasteiger charge is -2.03. The van der Waals surface area contributed by atoms with E-state index in [2.05, 4.69) is 4.98 Å². The average molecular weight is 295 g/mol. The summed E-state index contributed by atoms with van der Waals surface area (Å²) in [5, 5.41) is 9.81. The second-order valence-electron chi connectivity index (χ2n) is 4.68. The SMILES string of the molecule is O=C(O)C1CCc2sc(-c3ccc(C(F)F)cc3)nc21. The molecule has 0 amide bonds. The Morgan fingerprint density at radius 1 is 1.35 bits per heavy atom. The van der Waals surface area contributed by atoms with Gasteiger partial charge in [0.1, 0.15) is 10.9 Å². The van der Waals surface area contributed by atoms with E-state index >= 15 is 0 Å². The standard InChI is InChI=1S/C14H11F2NO2S/c15-12(16)7-1-3-8(4-2-7)13-17-11-9(14(18)19)5-6-10(11)20-13/h1-4,9,12H,5-6H2,(H,18,19). The van der Waals surface area contributed by atoms with Crippen LogP contribution in [-0.2, 0) is 11.2 Å². The van der Waals surface area contributed by atoms with Crippen molar-refractivity contribution in [2.75, 3.05) is 0 Å². The molecule has 3 nitrogen and oxygen atoms in total. The lowest BCUT2D eigenvalue weighted by Crippen LogP contribution is -2.08. The zero-order valence-corrected chi connectivity index (χ0v) is 11.2. The van der Waals surface area contributed by atoms with Crippen molar-refractivity contribution in [3.63, 3.8) is 0 Å². The minimum absolute atomic E-state index is 0.0266. The number of aliphatic carboxylic acids is 1. The monoisotopic (exact) mass is 295 g/mol. The van der Waals surface area contributed by atoms with Gasteiger partial charge in [-0.1, -0.05) is 24.3 Å². The van der Waals surface area contributed by atoms with Crippen LogP contribution < -0.4 is 0 Å². The summed E-state index contributed by atoms with van der Waals surface area (Å²) >= 11 is 1.45. The van der Waals surface area contributed by atoms with Crippen LogP contribution in [-0.4, -0.2) is 16.1 Å². The topological polar surface area (TPSA) is 50.2 Å². The molecule has 20 heavy (non-hydrogen) atoms. The highest BCUT2D eigenvalue weighted by molar-refractivity contribution is 7.15. The largest absolute Gasteiger partial charge is 0.481 e. The molecule has 1 aromatic carbocycles. The highest BCUT2D eigenvalue weighted by Crippen LogP contribution is 2.39. The van der Waals surface area contributed by atoms with Crippen LogP contribution in [0.1, 0.15) is 34.9 Å². The molecule has 0 fully saturated rings.